The van der Waals surface area contributed by atoms with Crippen molar-refractivity contribution >= 4 is 0 Å². The van der Waals surface area contributed by atoms with Crippen LogP contribution in [0.1, 0.15) is 23.6 Å². The van der Waals surface area contributed by atoms with E-state index in [0.717, 1.165) is 36.5 Å². The summed E-state index contributed by atoms with van der Waals surface area (Å²) in [7, 11) is 1.89. The molecule has 108 valence electrons. The summed E-state index contributed by atoms with van der Waals surface area (Å²) in [6.07, 6.45) is -1.34. The molecule has 2 N–H and O–H groups in total. The maximum atomic E-state index is 11.9. The van der Waals surface area contributed by atoms with Gasteiger partial charge >= 0.3 is 6.18 Å². The van der Waals surface area contributed by atoms with Gasteiger partial charge in [-0.05, 0) is 12.8 Å². The van der Waals surface area contributed by atoms with Crippen LogP contribution in [0.25, 0.3) is 0 Å². The molecule has 1 heterocycles. The summed E-state index contributed by atoms with van der Waals surface area (Å²) < 4.78 is 42.4. The van der Waals surface area contributed by atoms with Crippen LogP contribution in [0.3, 0.4) is 0 Å². The third-order valence-corrected chi connectivity index (χ3v) is 3.33. The normalized spacial score (nSPS) is 19.5. The van der Waals surface area contributed by atoms with Crippen LogP contribution in [-0.4, -0.2) is 35.0 Å². The lowest BCUT2D eigenvalue weighted by Crippen LogP contribution is -2.28. The molecule has 0 saturated heterocycles. The van der Waals surface area contributed by atoms with Crippen molar-refractivity contribution in [1.82, 2.24) is 9.55 Å². The van der Waals surface area contributed by atoms with Crippen LogP contribution in [0.5, 0.6) is 0 Å². The predicted octanol–water partition coefficient (Wildman–Crippen LogP) is 1.36. The molecule has 2 rings (SSSR count). The molecule has 19 heavy (non-hydrogen) atoms. The van der Waals surface area contributed by atoms with Gasteiger partial charge in [0.25, 0.3) is 0 Å². The Kier molecular flexibility index (Phi) is 4.15. The maximum absolute atomic E-state index is 11.9. The molecule has 0 bridgehead atoms. The molecular formula is C12H18F3N3O. The number of aromatic nitrogens is 2. The minimum absolute atomic E-state index is 0.0231. The van der Waals surface area contributed by atoms with Crippen molar-refractivity contribution in [1.29, 1.82) is 0 Å². The lowest BCUT2D eigenvalue weighted by molar-refractivity contribution is -0.173. The van der Waals surface area contributed by atoms with Crippen LogP contribution in [0.2, 0.25) is 0 Å². The molecule has 0 aromatic carbocycles. The van der Waals surface area contributed by atoms with E-state index in [9.17, 15) is 13.2 Å². The Bertz CT molecular complexity index is 442. The number of ether oxygens (including phenoxy) is 1. The molecular weight excluding hydrogens is 259 g/mol. The van der Waals surface area contributed by atoms with Crippen molar-refractivity contribution in [2.45, 2.75) is 37.9 Å². The van der Waals surface area contributed by atoms with Crippen molar-refractivity contribution in [2.24, 2.45) is 12.8 Å². The molecule has 0 fully saturated rings. The Balaban J connectivity index is 1.91. The lowest BCUT2D eigenvalue weighted by atomic mass is 9.97. The van der Waals surface area contributed by atoms with Gasteiger partial charge in [0.05, 0.1) is 12.3 Å². The molecule has 1 unspecified atom stereocenters. The Morgan fingerprint density at radius 1 is 1.47 bits per heavy atom. The maximum Gasteiger partial charge on any atom is 0.411 e. The Hall–Kier alpha value is -1.08. The number of hydrogen-bond acceptors (Lipinski definition) is 3. The van der Waals surface area contributed by atoms with Gasteiger partial charge in [0.2, 0.25) is 0 Å². The summed E-state index contributed by atoms with van der Waals surface area (Å²) in [5, 5.41) is 0. The van der Waals surface area contributed by atoms with Crippen LogP contribution >= 0.6 is 0 Å². The summed E-state index contributed by atoms with van der Waals surface area (Å²) in [6.45, 7) is -1.18. The fraction of sp³-hybridized carbons (Fsp3) is 0.750. The van der Waals surface area contributed by atoms with Crippen LogP contribution in [0, 0.1) is 0 Å². The molecule has 0 aliphatic heterocycles. The summed E-state index contributed by atoms with van der Waals surface area (Å²) in [5.41, 5.74) is 8.00. The number of hydrogen-bond donors (Lipinski definition) is 1. The third-order valence-electron chi connectivity index (χ3n) is 3.33. The van der Waals surface area contributed by atoms with E-state index >= 15 is 0 Å². The van der Waals surface area contributed by atoms with Gasteiger partial charge in [0, 0.05) is 31.6 Å². The topological polar surface area (TPSA) is 53.1 Å². The highest BCUT2D eigenvalue weighted by molar-refractivity contribution is 5.21. The van der Waals surface area contributed by atoms with Crippen molar-refractivity contribution in [3.8, 4) is 0 Å². The van der Waals surface area contributed by atoms with Crippen molar-refractivity contribution < 1.29 is 17.9 Å². The van der Waals surface area contributed by atoms with E-state index in [1.54, 1.807) is 0 Å². The monoisotopic (exact) mass is 277 g/mol. The van der Waals surface area contributed by atoms with E-state index in [1.165, 1.54) is 0 Å². The molecule has 7 heteroatoms. The first-order chi connectivity index (χ1) is 8.87. The van der Waals surface area contributed by atoms with Gasteiger partial charge in [-0.15, -0.1) is 0 Å². The highest BCUT2D eigenvalue weighted by Crippen LogP contribution is 2.21. The second kappa shape index (κ2) is 5.50. The van der Waals surface area contributed by atoms with Crippen LogP contribution in [-0.2, 0) is 31.0 Å². The van der Waals surface area contributed by atoms with Gasteiger partial charge < -0.3 is 15.0 Å². The fourth-order valence-corrected chi connectivity index (χ4v) is 2.37. The molecule has 1 aromatic rings. The number of nitrogens with two attached hydrogens (primary N) is 1. The second-order valence-electron chi connectivity index (χ2n) is 4.90. The van der Waals surface area contributed by atoms with Crippen molar-refractivity contribution in [3.63, 3.8) is 0 Å². The van der Waals surface area contributed by atoms with E-state index in [0.29, 0.717) is 6.42 Å². The molecule has 0 amide bonds. The standard InChI is InChI=1S/C12H18F3N3O/c1-18-10-3-2-8(16)6-9(10)17-11(18)4-5-19-7-12(13,14)15/h8H,2-7,16H2,1H3. The SMILES string of the molecule is Cn1c(CCOCC(F)(F)F)nc2c1CCC(N)C2. The first kappa shape index (κ1) is 14.3. The summed E-state index contributed by atoms with van der Waals surface area (Å²) in [4.78, 5) is 4.46. The Morgan fingerprint density at radius 3 is 2.89 bits per heavy atom. The minimum atomic E-state index is -4.27. The molecule has 0 saturated carbocycles. The molecule has 1 aliphatic carbocycles. The summed E-state index contributed by atoms with van der Waals surface area (Å²) in [6, 6.07) is 0.136. The van der Waals surface area contributed by atoms with Crippen LogP contribution < -0.4 is 5.73 Å². The number of fused-ring (bicyclic) bond motifs is 1. The molecule has 4 nitrogen and oxygen atoms in total. The molecule has 1 atom stereocenters. The number of nitrogens with zero attached hydrogens (tertiary/aromatic N) is 2. The fourth-order valence-electron chi connectivity index (χ4n) is 2.37. The van der Waals surface area contributed by atoms with Gasteiger partial charge in [0.1, 0.15) is 12.4 Å². The van der Waals surface area contributed by atoms with Crippen LogP contribution in [0.15, 0.2) is 0 Å². The number of rotatable bonds is 4. The van der Waals surface area contributed by atoms with Crippen LogP contribution in [0.4, 0.5) is 13.2 Å². The molecule has 0 radical (unpaired) electrons. The van der Waals surface area contributed by atoms with E-state index in [-0.39, 0.29) is 12.6 Å². The second-order valence-corrected chi connectivity index (χ2v) is 4.90. The highest BCUT2D eigenvalue weighted by Gasteiger charge is 2.27. The summed E-state index contributed by atoms with van der Waals surface area (Å²) in [5.74, 6) is 0.765. The smallest absolute Gasteiger partial charge is 0.372 e. The third kappa shape index (κ3) is 3.70. The van der Waals surface area contributed by atoms with Gasteiger partial charge in [-0.1, -0.05) is 0 Å². The van der Waals surface area contributed by atoms with E-state index in [4.69, 9.17) is 5.73 Å². The largest absolute Gasteiger partial charge is 0.411 e. The average molecular weight is 277 g/mol. The number of halogens is 3. The average Bonchev–Trinajstić information content (AvgIpc) is 2.60. The highest BCUT2D eigenvalue weighted by atomic mass is 19.4. The molecule has 1 aliphatic rings. The van der Waals surface area contributed by atoms with Crippen molar-refractivity contribution in [2.75, 3.05) is 13.2 Å². The minimum Gasteiger partial charge on any atom is -0.372 e. The van der Waals surface area contributed by atoms with Gasteiger partial charge in [-0.25, -0.2) is 4.98 Å². The van der Waals surface area contributed by atoms with Gasteiger partial charge in [0.15, 0.2) is 0 Å². The number of alkyl halides is 3. The van der Waals surface area contributed by atoms with Crippen molar-refractivity contribution in [3.05, 3.63) is 17.2 Å². The molecule has 1 aromatic heterocycles. The predicted molar refractivity (Wildman–Crippen MR) is 63.8 cm³/mol. The zero-order valence-electron chi connectivity index (χ0n) is 10.8. The zero-order chi connectivity index (χ0) is 14.0. The molecule has 0 spiro atoms. The Morgan fingerprint density at radius 2 is 2.21 bits per heavy atom. The van der Waals surface area contributed by atoms with Gasteiger partial charge in [-0.2, -0.15) is 13.2 Å². The zero-order valence-corrected chi connectivity index (χ0v) is 10.8. The van der Waals surface area contributed by atoms with E-state index < -0.39 is 12.8 Å². The Labute approximate surface area is 109 Å². The first-order valence-electron chi connectivity index (χ1n) is 6.30. The quantitative estimate of drug-likeness (QED) is 0.845. The number of imidazole rings is 1. The van der Waals surface area contributed by atoms with Gasteiger partial charge in [-0.3, -0.25) is 0 Å². The first-order valence-corrected chi connectivity index (χ1v) is 6.30. The van der Waals surface area contributed by atoms with E-state index in [1.807, 2.05) is 11.6 Å². The lowest BCUT2D eigenvalue weighted by Gasteiger charge is -2.17. The van der Waals surface area contributed by atoms with E-state index in [2.05, 4.69) is 9.72 Å². The summed E-state index contributed by atoms with van der Waals surface area (Å²) >= 11 is 0.